The van der Waals surface area contributed by atoms with Gasteiger partial charge in [-0.05, 0) is 40.0 Å². The fraction of sp³-hybridized carbons (Fsp3) is 0.818. The van der Waals surface area contributed by atoms with E-state index in [0.29, 0.717) is 13.0 Å². The quantitative estimate of drug-likeness (QED) is 0.738. The third kappa shape index (κ3) is 4.60. The first-order valence-electron chi connectivity index (χ1n) is 5.76. The monoisotopic (exact) mass is 244 g/mol. The van der Waals surface area contributed by atoms with Crippen LogP contribution in [0.15, 0.2) is 0 Å². The van der Waals surface area contributed by atoms with Gasteiger partial charge in [0.1, 0.15) is 11.6 Å². The normalized spacial score (nSPS) is 21.9. The molecule has 2 N–H and O–H groups in total. The van der Waals surface area contributed by atoms with Crippen LogP contribution in [-0.4, -0.2) is 35.3 Å². The Kier molecular flexibility index (Phi) is 4.34. The first-order valence-corrected chi connectivity index (χ1v) is 5.76. The number of nitrogens with zero attached hydrogens (tertiary/aromatic N) is 1. The number of amides is 1. The number of primary amides is 1. The number of carbonyl (C=O) groups is 2. The highest BCUT2D eigenvalue weighted by Gasteiger charge is 2.31. The van der Waals surface area contributed by atoms with E-state index < -0.39 is 23.7 Å². The Labute approximate surface area is 101 Å². The van der Waals surface area contributed by atoms with E-state index in [4.69, 9.17) is 15.3 Å². The van der Waals surface area contributed by atoms with Crippen molar-refractivity contribution in [3.63, 3.8) is 0 Å². The minimum Gasteiger partial charge on any atom is -0.427 e. The lowest BCUT2D eigenvalue weighted by molar-refractivity contribution is -0.180. The van der Waals surface area contributed by atoms with Crippen LogP contribution in [0.3, 0.4) is 0 Å². The van der Waals surface area contributed by atoms with Gasteiger partial charge in [-0.25, -0.2) is 4.79 Å². The maximum atomic E-state index is 11.5. The number of piperidine rings is 1. The Morgan fingerprint density at radius 3 is 2.47 bits per heavy atom. The Morgan fingerprint density at radius 1 is 1.29 bits per heavy atom. The molecule has 0 spiro atoms. The summed E-state index contributed by atoms with van der Waals surface area (Å²) in [5, 5.41) is 1.32. The summed E-state index contributed by atoms with van der Waals surface area (Å²) >= 11 is 0. The Bertz CT molecular complexity index is 298. The van der Waals surface area contributed by atoms with Crippen LogP contribution in [0.25, 0.3) is 0 Å². The Morgan fingerprint density at radius 2 is 1.94 bits per heavy atom. The fourth-order valence-corrected chi connectivity index (χ4v) is 1.66. The molecule has 6 nitrogen and oxygen atoms in total. The minimum absolute atomic E-state index is 0.478. The van der Waals surface area contributed by atoms with Gasteiger partial charge in [-0.3, -0.25) is 4.79 Å². The van der Waals surface area contributed by atoms with Crippen LogP contribution in [0, 0.1) is 0 Å². The lowest BCUT2D eigenvalue weighted by atomic mass is 10.0. The van der Waals surface area contributed by atoms with Crippen LogP contribution in [0.2, 0.25) is 0 Å². The van der Waals surface area contributed by atoms with Gasteiger partial charge in [-0.2, -0.15) is 0 Å². The first kappa shape index (κ1) is 13.8. The summed E-state index contributed by atoms with van der Waals surface area (Å²) in [5.41, 5.74) is 4.63. The van der Waals surface area contributed by atoms with Crippen molar-refractivity contribution in [3.05, 3.63) is 0 Å². The average molecular weight is 244 g/mol. The van der Waals surface area contributed by atoms with Crippen molar-refractivity contribution in [2.45, 2.75) is 51.7 Å². The van der Waals surface area contributed by atoms with Crippen LogP contribution in [0.1, 0.15) is 40.0 Å². The largest absolute Gasteiger partial charge is 0.528 e. The van der Waals surface area contributed by atoms with Gasteiger partial charge in [0.05, 0.1) is 0 Å². The standard InChI is InChI=1S/C11H20N2O4/c1-11(2,3)16-10(15)17-13-7-5-4-6-8(13)9(12)14/h8H,4-7H2,1-3H3,(H2,12,14). The van der Waals surface area contributed by atoms with Gasteiger partial charge in [-0.15, -0.1) is 5.06 Å². The molecule has 17 heavy (non-hydrogen) atoms. The van der Waals surface area contributed by atoms with Crippen LogP contribution in [0.5, 0.6) is 0 Å². The predicted molar refractivity (Wildman–Crippen MR) is 60.9 cm³/mol. The molecular weight excluding hydrogens is 224 g/mol. The molecule has 0 aromatic heterocycles. The summed E-state index contributed by atoms with van der Waals surface area (Å²) in [6.07, 6.45) is 1.58. The highest BCUT2D eigenvalue weighted by Crippen LogP contribution is 2.18. The maximum Gasteiger partial charge on any atom is 0.528 e. The maximum absolute atomic E-state index is 11.5. The molecule has 1 heterocycles. The highest BCUT2D eigenvalue weighted by atomic mass is 16.8. The molecule has 1 saturated heterocycles. The number of hydrogen-bond donors (Lipinski definition) is 1. The van der Waals surface area contributed by atoms with E-state index in [1.165, 1.54) is 5.06 Å². The van der Waals surface area contributed by atoms with Crippen molar-refractivity contribution in [2.24, 2.45) is 5.73 Å². The number of hydroxylamine groups is 2. The van der Waals surface area contributed by atoms with E-state index in [1.54, 1.807) is 20.8 Å². The van der Waals surface area contributed by atoms with Crippen LogP contribution < -0.4 is 5.73 Å². The molecule has 1 aliphatic rings. The summed E-state index contributed by atoms with van der Waals surface area (Å²) in [6, 6.07) is -0.545. The summed E-state index contributed by atoms with van der Waals surface area (Å²) in [6.45, 7) is 5.74. The molecule has 1 aliphatic heterocycles. The lowest BCUT2D eigenvalue weighted by Crippen LogP contribution is -2.48. The zero-order valence-corrected chi connectivity index (χ0v) is 10.6. The predicted octanol–water partition coefficient (Wildman–Crippen LogP) is 1.19. The molecule has 1 rings (SSSR count). The molecule has 98 valence electrons. The molecule has 0 aliphatic carbocycles. The van der Waals surface area contributed by atoms with Gasteiger partial charge in [-0.1, -0.05) is 0 Å². The highest BCUT2D eigenvalue weighted by molar-refractivity contribution is 5.80. The molecule has 0 bridgehead atoms. The van der Waals surface area contributed by atoms with Crippen molar-refractivity contribution in [2.75, 3.05) is 6.54 Å². The second-order valence-corrected chi connectivity index (χ2v) is 5.11. The van der Waals surface area contributed by atoms with Crippen molar-refractivity contribution in [1.82, 2.24) is 5.06 Å². The van der Waals surface area contributed by atoms with Crippen LogP contribution in [0.4, 0.5) is 4.79 Å². The van der Waals surface area contributed by atoms with E-state index in [2.05, 4.69) is 0 Å². The second kappa shape index (κ2) is 5.35. The van der Waals surface area contributed by atoms with E-state index in [9.17, 15) is 9.59 Å². The van der Waals surface area contributed by atoms with Gasteiger partial charge in [0.25, 0.3) is 0 Å². The van der Waals surface area contributed by atoms with Crippen molar-refractivity contribution < 1.29 is 19.2 Å². The molecule has 1 amide bonds. The van der Waals surface area contributed by atoms with E-state index in [1.807, 2.05) is 0 Å². The van der Waals surface area contributed by atoms with Gasteiger partial charge >= 0.3 is 6.16 Å². The molecule has 0 aromatic rings. The number of rotatable bonds is 2. The minimum atomic E-state index is -0.800. The molecule has 1 atom stereocenters. The number of carbonyl (C=O) groups excluding carboxylic acids is 2. The van der Waals surface area contributed by atoms with Crippen molar-refractivity contribution in [1.29, 1.82) is 0 Å². The average Bonchev–Trinajstić information content (AvgIpc) is 2.14. The van der Waals surface area contributed by atoms with Crippen LogP contribution in [-0.2, 0) is 14.4 Å². The second-order valence-electron chi connectivity index (χ2n) is 5.11. The van der Waals surface area contributed by atoms with Gasteiger partial charge in [0.2, 0.25) is 5.91 Å². The topological polar surface area (TPSA) is 81.9 Å². The van der Waals surface area contributed by atoms with E-state index in [0.717, 1.165) is 12.8 Å². The van der Waals surface area contributed by atoms with Gasteiger partial charge in [0.15, 0.2) is 0 Å². The lowest BCUT2D eigenvalue weighted by Gasteiger charge is -2.32. The summed E-state index contributed by atoms with van der Waals surface area (Å²) in [7, 11) is 0. The molecule has 0 radical (unpaired) electrons. The first-order chi connectivity index (χ1) is 7.79. The van der Waals surface area contributed by atoms with Crippen LogP contribution >= 0.6 is 0 Å². The third-order valence-electron chi connectivity index (χ3n) is 2.36. The molecule has 1 unspecified atom stereocenters. The zero-order chi connectivity index (χ0) is 13.1. The number of ether oxygens (including phenoxy) is 1. The fourth-order valence-electron chi connectivity index (χ4n) is 1.66. The summed E-state index contributed by atoms with van der Waals surface area (Å²) in [5.74, 6) is -0.478. The third-order valence-corrected chi connectivity index (χ3v) is 2.36. The summed E-state index contributed by atoms with van der Waals surface area (Å²) in [4.78, 5) is 27.6. The molecule has 1 fully saturated rings. The van der Waals surface area contributed by atoms with E-state index >= 15 is 0 Å². The Hall–Kier alpha value is -1.30. The SMILES string of the molecule is CC(C)(C)OC(=O)ON1CCCCC1C(N)=O. The molecule has 0 saturated carbocycles. The van der Waals surface area contributed by atoms with Crippen molar-refractivity contribution in [3.8, 4) is 0 Å². The Balaban J connectivity index is 2.53. The van der Waals surface area contributed by atoms with E-state index in [-0.39, 0.29) is 0 Å². The molecule has 0 aromatic carbocycles. The van der Waals surface area contributed by atoms with Gasteiger partial charge < -0.3 is 15.3 Å². The molecule has 6 heteroatoms. The smallest absolute Gasteiger partial charge is 0.427 e. The summed E-state index contributed by atoms with van der Waals surface area (Å²) < 4.78 is 5.01. The number of hydrogen-bond acceptors (Lipinski definition) is 5. The molecular formula is C11H20N2O4. The number of nitrogens with two attached hydrogens (primary N) is 1. The van der Waals surface area contributed by atoms with Crippen molar-refractivity contribution >= 4 is 12.1 Å². The zero-order valence-electron chi connectivity index (χ0n) is 10.6. The van der Waals surface area contributed by atoms with Gasteiger partial charge in [0, 0.05) is 6.54 Å².